The Morgan fingerprint density at radius 1 is 1.00 bits per heavy atom. The van der Waals surface area contributed by atoms with Gasteiger partial charge in [0, 0.05) is 18.5 Å². The molecule has 2 aliphatic carbocycles. The maximum absolute atomic E-state index is 13.4. The van der Waals surface area contributed by atoms with Crippen molar-refractivity contribution < 1.29 is 4.79 Å². The molecule has 0 bridgehead atoms. The number of nitrogens with zero attached hydrogens (tertiary/aromatic N) is 4. The summed E-state index contributed by atoms with van der Waals surface area (Å²) in [7, 11) is 0. The molecule has 1 heterocycles. The highest BCUT2D eigenvalue weighted by molar-refractivity contribution is 5.91. The molecule has 5 rings (SSSR count). The molecule has 2 fully saturated rings. The van der Waals surface area contributed by atoms with Gasteiger partial charge in [-0.25, -0.2) is 9.67 Å². The van der Waals surface area contributed by atoms with Crippen LogP contribution in [0.5, 0.6) is 0 Å². The molecule has 5 heteroatoms. The third-order valence-electron chi connectivity index (χ3n) is 5.80. The third kappa shape index (κ3) is 3.82. The second-order valence-electron chi connectivity index (χ2n) is 8.15. The van der Waals surface area contributed by atoms with Crippen LogP contribution in [-0.4, -0.2) is 31.6 Å². The van der Waals surface area contributed by atoms with Crippen LogP contribution in [0.4, 0.5) is 0 Å². The van der Waals surface area contributed by atoms with E-state index in [1.54, 1.807) is 0 Å². The van der Waals surface area contributed by atoms with Crippen LogP contribution in [0.15, 0.2) is 54.6 Å². The summed E-state index contributed by atoms with van der Waals surface area (Å²) in [5.41, 5.74) is 3.44. The minimum atomic E-state index is -0.0522. The Morgan fingerprint density at radius 2 is 1.69 bits per heavy atom. The van der Waals surface area contributed by atoms with Gasteiger partial charge in [-0.15, -0.1) is 5.10 Å². The van der Waals surface area contributed by atoms with E-state index >= 15 is 0 Å². The molecule has 0 atom stereocenters. The Kier molecular flexibility index (Phi) is 4.66. The van der Waals surface area contributed by atoms with Crippen molar-refractivity contribution in [1.29, 1.82) is 0 Å². The number of hydrogen-bond donors (Lipinski definition) is 0. The number of benzene rings is 2. The number of amides is 1. The third-order valence-corrected chi connectivity index (χ3v) is 5.80. The number of carbonyl (C=O) groups excluding carboxylic acids is 1. The van der Waals surface area contributed by atoms with E-state index in [2.05, 4.69) is 36.3 Å². The zero-order valence-electron chi connectivity index (χ0n) is 16.8. The molecule has 0 spiro atoms. The second kappa shape index (κ2) is 7.47. The van der Waals surface area contributed by atoms with Crippen molar-refractivity contribution in [2.24, 2.45) is 0 Å². The lowest BCUT2D eigenvalue weighted by Crippen LogP contribution is -2.33. The smallest absolute Gasteiger partial charge is 0.294 e. The van der Waals surface area contributed by atoms with Crippen molar-refractivity contribution in [2.75, 3.05) is 0 Å². The highest BCUT2D eigenvalue weighted by Crippen LogP contribution is 2.40. The molecule has 0 unspecified atom stereocenters. The van der Waals surface area contributed by atoms with E-state index in [-0.39, 0.29) is 5.91 Å². The zero-order chi connectivity index (χ0) is 19.8. The molecule has 1 aromatic heterocycles. The van der Waals surface area contributed by atoms with Crippen molar-refractivity contribution in [2.45, 2.75) is 57.5 Å². The maximum atomic E-state index is 13.4. The number of aryl methyl sites for hydroxylation is 1. The monoisotopic (exact) mass is 386 g/mol. The number of para-hydroxylation sites is 1. The molecule has 29 heavy (non-hydrogen) atoms. The Bertz CT molecular complexity index is 1000. The molecule has 0 radical (unpaired) electrons. The molecule has 5 nitrogen and oxygen atoms in total. The normalized spacial score (nSPS) is 16.0. The van der Waals surface area contributed by atoms with Gasteiger partial charge in [0.1, 0.15) is 5.82 Å². The van der Waals surface area contributed by atoms with Crippen molar-refractivity contribution in [3.05, 3.63) is 77.4 Å². The fourth-order valence-electron chi connectivity index (χ4n) is 3.74. The number of hydrogen-bond acceptors (Lipinski definition) is 3. The van der Waals surface area contributed by atoms with Gasteiger partial charge in [-0.3, -0.25) is 4.79 Å². The Hall–Kier alpha value is -2.95. The highest BCUT2D eigenvalue weighted by atomic mass is 16.2. The summed E-state index contributed by atoms with van der Waals surface area (Å²) < 4.78 is 1.87. The zero-order valence-corrected chi connectivity index (χ0v) is 16.8. The lowest BCUT2D eigenvalue weighted by Gasteiger charge is -2.21. The minimum absolute atomic E-state index is 0.0522. The van der Waals surface area contributed by atoms with Crippen LogP contribution in [0.1, 0.15) is 66.1 Å². The second-order valence-corrected chi connectivity index (χ2v) is 8.15. The van der Waals surface area contributed by atoms with Gasteiger partial charge in [-0.1, -0.05) is 49.4 Å². The van der Waals surface area contributed by atoms with E-state index in [1.807, 2.05) is 39.9 Å². The molecule has 3 aromatic rings. The predicted molar refractivity (Wildman–Crippen MR) is 112 cm³/mol. The number of carbonyl (C=O) groups is 1. The summed E-state index contributed by atoms with van der Waals surface area (Å²) in [6.07, 6.45) is 5.39. The van der Waals surface area contributed by atoms with Crippen LogP contribution >= 0.6 is 0 Å². The van der Waals surface area contributed by atoms with Crippen LogP contribution in [0.25, 0.3) is 5.69 Å². The Morgan fingerprint density at radius 3 is 2.31 bits per heavy atom. The molecule has 1 amide bonds. The number of aromatic nitrogens is 3. The van der Waals surface area contributed by atoms with Crippen molar-refractivity contribution in [1.82, 2.24) is 19.7 Å². The lowest BCUT2D eigenvalue weighted by molar-refractivity contribution is 0.0717. The Balaban J connectivity index is 1.43. The van der Waals surface area contributed by atoms with Crippen LogP contribution in [0.3, 0.4) is 0 Å². The average molecular weight is 386 g/mol. The molecule has 0 aliphatic heterocycles. The molecule has 2 aromatic carbocycles. The fourth-order valence-corrected chi connectivity index (χ4v) is 3.74. The Labute approximate surface area is 171 Å². The first-order valence-corrected chi connectivity index (χ1v) is 10.6. The first kappa shape index (κ1) is 18.1. The predicted octanol–water partition coefficient (Wildman–Crippen LogP) is 4.51. The van der Waals surface area contributed by atoms with Crippen molar-refractivity contribution in [3.8, 4) is 5.69 Å². The van der Waals surface area contributed by atoms with Crippen molar-refractivity contribution >= 4 is 5.91 Å². The maximum Gasteiger partial charge on any atom is 0.294 e. The van der Waals surface area contributed by atoms with E-state index in [1.165, 1.54) is 5.56 Å². The summed E-state index contributed by atoms with van der Waals surface area (Å²) in [6.45, 7) is 2.77. The van der Waals surface area contributed by atoms with Crippen molar-refractivity contribution in [3.63, 3.8) is 0 Å². The molecule has 148 valence electrons. The summed E-state index contributed by atoms with van der Waals surface area (Å²) in [6, 6.07) is 18.9. The van der Waals surface area contributed by atoms with Gasteiger partial charge in [0.25, 0.3) is 5.91 Å². The highest BCUT2D eigenvalue weighted by Gasteiger charge is 2.37. The van der Waals surface area contributed by atoms with Gasteiger partial charge in [-0.2, -0.15) is 0 Å². The summed E-state index contributed by atoms with van der Waals surface area (Å²) in [5.74, 6) is 1.61. The SMILES string of the molecule is CCc1ccc(CN(C(=O)c2nc(C3CC3)n(-c3ccccc3)n2)C2CC2)cc1. The molecule has 2 aliphatic rings. The van der Waals surface area contributed by atoms with E-state index < -0.39 is 0 Å². The van der Waals surface area contributed by atoms with E-state index in [0.29, 0.717) is 24.3 Å². The number of rotatable bonds is 7. The quantitative estimate of drug-likeness (QED) is 0.600. The van der Waals surface area contributed by atoms with Crippen LogP contribution in [0, 0.1) is 0 Å². The molecular weight excluding hydrogens is 360 g/mol. The average Bonchev–Trinajstić information content (AvgIpc) is 3.71. The van der Waals surface area contributed by atoms with Gasteiger partial charge in [0.15, 0.2) is 0 Å². The molecule has 0 saturated heterocycles. The van der Waals surface area contributed by atoms with Gasteiger partial charge in [0.05, 0.1) is 5.69 Å². The first-order valence-electron chi connectivity index (χ1n) is 10.6. The summed E-state index contributed by atoms with van der Waals surface area (Å²) >= 11 is 0. The largest absolute Gasteiger partial charge is 0.329 e. The summed E-state index contributed by atoms with van der Waals surface area (Å²) in [4.78, 5) is 20.1. The van der Waals surface area contributed by atoms with E-state index in [0.717, 1.165) is 49.2 Å². The van der Waals surface area contributed by atoms with E-state index in [4.69, 9.17) is 4.98 Å². The van der Waals surface area contributed by atoms with Gasteiger partial charge < -0.3 is 4.90 Å². The van der Waals surface area contributed by atoms with Gasteiger partial charge in [-0.05, 0) is 55.4 Å². The molecular formula is C24H26N4O. The van der Waals surface area contributed by atoms with Crippen LogP contribution < -0.4 is 0 Å². The topological polar surface area (TPSA) is 51.0 Å². The fraction of sp³-hybridized carbons (Fsp3) is 0.375. The lowest BCUT2D eigenvalue weighted by atomic mass is 10.1. The molecule has 2 saturated carbocycles. The summed E-state index contributed by atoms with van der Waals surface area (Å²) in [5, 5.41) is 4.66. The van der Waals surface area contributed by atoms with Crippen LogP contribution in [0.2, 0.25) is 0 Å². The minimum Gasteiger partial charge on any atom is -0.329 e. The molecule has 0 N–H and O–H groups in total. The standard InChI is InChI=1S/C24H26N4O/c1-2-17-8-10-18(11-9-17)16-27(20-14-15-20)24(29)22-25-23(19-12-13-19)28(26-22)21-6-4-3-5-7-21/h3-11,19-20H,2,12-16H2,1H3. The van der Waals surface area contributed by atoms with E-state index in [9.17, 15) is 4.79 Å². The van der Waals surface area contributed by atoms with Gasteiger partial charge >= 0.3 is 0 Å². The van der Waals surface area contributed by atoms with Crippen LogP contribution in [-0.2, 0) is 13.0 Å². The first-order chi connectivity index (χ1) is 14.2. The van der Waals surface area contributed by atoms with Gasteiger partial charge in [0.2, 0.25) is 5.82 Å².